The van der Waals surface area contributed by atoms with E-state index in [1.54, 1.807) is 24.3 Å². The second-order valence-electron chi connectivity index (χ2n) is 5.85. The van der Waals surface area contributed by atoms with Crippen LogP contribution < -0.4 is 10.6 Å². The van der Waals surface area contributed by atoms with Gasteiger partial charge in [0.1, 0.15) is 5.82 Å². The van der Waals surface area contributed by atoms with E-state index in [-0.39, 0.29) is 5.56 Å². The number of rotatable bonds is 5. The van der Waals surface area contributed by atoms with E-state index in [2.05, 4.69) is 35.8 Å². The first kappa shape index (κ1) is 16.7. The van der Waals surface area contributed by atoms with Gasteiger partial charge in [-0.3, -0.25) is 4.79 Å². The normalized spacial score (nSPS) is 10.3. The lowest BCUT2D eigenvalue weighted by Gasteiger charge is -2.09. The highest BCUT2D eigenvalue weighted by Gasteiger charge is 2.10. The molecule has 0 aliphatic rings. The molecule has 3 aromatic carbocycles. The molecule has 0 atom stereocenters. The number of carbonyl (C=O) groups is 1. The van der Waals surface area contributed by atoms with Crippen LogP contribution in [0.4, 0.5) is 15.8 Å². The number of amides is 1. The Morgan fingerprint density at radius 3 is 2.36 bits per heavy atom. The number of halogens is 1. The molecular formula is C21H19FN2O. The molecule has 0 unspecified atom stereocenters. The largest absolute Gasteiger partial charge is 0.381 e. The Balaban J connectivity index is 1.60. The SMILES string of the molecule is Cc1cccc(CNc2ccc(NC(=O)c3ccccc3F)cc2)c1. The lowest BCUT2D eigenvalue weighted by atomic mass is 10.1. The molecule has 0 saturated heterocycles. The van der Waals surface area contributed by atoms with Gasteiger partial charge in [0.05, 0.1) is 5.56 Å². The van der Waals surface area contributed by atoms with Gasteiger partial charge in [-0.1, -0.05) is 42.0 Å². The first-order valence-corrected chi connectivity index (χ1v) is 8.07. The van der Waals surface area contributed by atoms with Crippen molar-refractivity contribution < 1.29 is 9.18 Å². The van der Waals surface area contributed by atoms with Crippen LogP contribution >= 0.6 is 0 Å². The topological polar surface area (TPSA) is 41.1 Å². The summed E-state index contributed by atoms with van der Waals surface area (Å²) in [6, 6.07) is 21.6. The highest BCUT2D eigenvalue weighted by molar-refractivity contribution is 6.04. The first-order valence-electron chi connectivity index (χ1n) is 8.07. The molecule has 1 amide bonds. The Labute approximate surface area is 146 Å². The highest BCUT2D eigenvalue weighted by atomic mass is 19.1. The average Bonchev–Trinajstić information content (AvgIpc) is 2.61. The van der Waals surface area contributed by atoms with Crippen LogP contribution in [0.2, 0.25) is 0 Å². The summed E-state index contributed by atoms with van der Waals surface area (Å²) in [6.45, 7) is 2.79. The van der Waals surface area contributed by atoms with Crippen LogP contribution in [0, 0.1) is 12.7 Å². The van der Waals surface area contributed by atoms with E-state index in [0.29, 0.717) is 5.69 Å². The average molecular weight is 334 g/mol. The maximum Gasteiger partial charge on any atom is 0.258 e. The molecule has 0 heterocycles. The minimum Gasteiger partial charge on any atom is -0.381 e. The van der Waals surface area contributed by atoms with Crippen molar-refractivity contribution in [3.05, 3.63) is 95.3 Å². The quantitative estimate of drug-likeness (QED) is 0.689. The Hall–Kier alpha value is -3.14. The smallest absolute Gasteiger partial charge is 0.258 e. The van der Waals surface area contributed by atoms with Gasteiger partial charge < -0.3 is 10.6 Å². The molecule has 3 rings (SSSR count). The van der Waals surface area contributed by atoms with Gasteiger partial charge in [0.15, 0.2) is 0 Å². The van der Waals surface area contributed by atoms with Crippen LogP contribution in [0.5, 0.6) is 0 Å². The summed E-state index contributed by atoms with van der Waals surface area (Å²) in [5.74, 6) is -0.991. The Kier molecular flexibility index (Phi) is 5.09. The van der Waals surface area contributed by atoms with Crippen LogP contribution in [0.25, 0.3) is 0 Å². The molecule has 3 aromatic rings. The van der Waals surface area contributed by atoms with Crippen molar-refractivity contribution in [1.29, 1.82) is 0 Å². The van der Waals surface area contributed by atoms with E-state index < -0.39 is 11.7 Å². The third kappa shape index (κ3) is 4.44. The summed E-state index contributed by atoms with van der Waals surface area (Å²) in [7, 11) is 0. The van der Waals surface area contributed by atoms with Crippen molar-refractivity contribution in [2.45, 2.75) is 13.5 Å². The highest BCUT2D eigenvalue weighted by Crippen LogP contribution is 2.16. The van der Waals surface area contributed by atoms with Gasteiger partial charge in [0.2, 0.25) is 0 Å². The molecule has 0 spiro atoms. The van der Waals surface area contributed by atoms with Gasteiger partial charge in [0.25, 0.3) is 5.91 Å². The minimum absolute atomic E-state index is 0.0316. The monoisotopic (exact) mass is 334 g/mol. The van der Waals surface area contributed by atoms with Gasteiger partial charge >= 0.3 is 0 Å². The van der Waals surface area contributed by atoms with E-state index in [1.807, 2.05) is 18.2 Å². The third-order valence-electron chi connectivity index (χ3n) is 3.84. The molecule has 0 bridgehead atoms. The van der Waals surface area contributed by atoms with Crippen LogP contribution in [-0.4, -0.2) is 5.91 Å². The predicted molar refractivity (Wildman–Crippen MR) is 99.3 cm³/mol. The maximum atomic E-state index is 13.6. The van der Waals surface area contributed by atoms with Crippen LogP contribution in [0.15, 0.2) is 72.8 Å². The number of hydrogen-bond donors (Lipinski definition) is 2. The van der Waals surface area contributed by atoms with Gasteiger partial charge in [-0.05, 0) is 48.9 Å². The zero-order chi connectivity index (χ0) is 17.6. The van der Waals surface area contributed by atoms with Gasteiger partial charge in [-0.25, -0.2) is 4.39 Å². The van der Waals surface area contributed by atoms with Gasteiger partial charge in [-0.15, -0.1) is 0 Å². The van der Waals surface area contributed by atoms with E-state index in [1.165, 1.54) is 23.3 Å². The Morgan fingerprint density at radius 1 is 0.920 bits per heavy atom. The molecule has 0 aromatic heterocycles. The van der Waals surface area contributed by atoms with E-state index in [0.717, 1.165) is 12.2 Å². The van der Waals surface area contributed by atoms with Gasteiger partial charge in [-0.2, -0.15) is 0 Å². The van der Waals surface area contributed by atoms with E-state index in [9.17, 15) is 9.18 Å². The predicted octanol–water partition coefficient (Wildman–Crippen LogP) is 5.00. The number of nitrogens with one attached hydrogen (secondary N) is 2. The summed E-state index contributed by atoms with van der Waals surface area (Å²) < 4.78 is 13.6. The van der Waals surface area contributed by atoms with Crippen molar-refractivity contribution in [1.82, 2.24) is 0 Å². The van der Waals surface area contributed by atoms with Crippen LogP contribution in [0.3, 0.4) is 0 Å². The fourth-order valence-corrected chi connectivity index (χ4v) is 2.54. The summed E-state index contributed by atoms with van der Waals surface area (Å²) in [4.78, 5) is 12.1. The number of carbonyl (C=O) groups excluding carboxylic acids is 1. The molecule has 0 saturated carbocycles. The van der Waals surface area contributed by atoms with Gasteiger partial charge in [0, 0.05) is 17.9 Å². The third-order valence-corrected chi connectivity index (χ3v) is 3.84. The molecule has 126 valence electrons. The molecule has 0 aliphatic heterocycles. The first-order chi connectivity index (χ1) is 12.1. The number of aryl methyl sites for hydroxylation is 1. The molecule has 4 heteroatoms. The fraction of sp³-hybridized carbons (Fsp3) is 0.0952. The molecule has 0 radical (unpaired) electrons. The Bertz CT molecular complexity index is 875. The van der Waals surface area contributed by atoms with Crippen molar-refractivity contribution in [3.8, 4) is 0 Å². The lowest BCUT2D eigenvalue weighted by molar-refractivity contribution is 0.102. The zero-order valence-corrected chi connectivity index (χ0v) is 13.9. The van der Waals surface area contributed by atoms with Crippen molar-refractivity contribution in [2.75, 3.05) is 10.6 Å². The second kappa shape index (κ2) is 7.62. The lowest BCUT2D eigenvalue weighted by Crippen LogP contribution is -2.13. The fourth-order valence-electron chi connectivity index (χ4n) is 2.54. The van der Waals surface area contributed by atoms with Crippen molar-refractivity contribution >= 4 is 17.3 Å². The van der Waals surface area contributed by atoms with E-state index >= 15 is 0 Å². The summed E-state index contributed by atoms with van der Waals surface area (Å²) in [5, 5.41) is 6.04. The van der Waals surface area contributed by atoms with Crippen LogP contribution in [0.1, 0.15) is 21.5 Å². The summed E-state index contributed by atoms with van der Waals surface area (Å²) in [5.41, 5.74) is 4.03. The molecular weight excluding hydrogens is 315 g/mol. The minimum atomic E-state index is -0.531. The second-order valence-corrected chi connectivity index (χ2v) is 5.85. The molecule has 0 aliphatic carbocycles. The molecule has 25 heavy (non-hydrogen) atoms. The van der Waals surface area contributed by atoms with Crippen molar-refractivity contribution in [2.24, 2.45) is 0 Å². The maximum absolute atomic E-state index is 13.6. The summed E-state index contributed by atoms with van der Waals surface area (Å²) in [6.07, 6.45) is 0. The Morgan fingerprint density at radius 2 is 1.64 bits per heavy atom. The van der Waals surface area contributed by atoms with Crippen LogP contribution in [-0.2, 0) is 6.54 Å². The number of benzene rings is 3. The number of hydrogen-bond acceptors (Lipinski definition) is 2. The van der Waals surface area contributed by atoms with Crippen molar-refractivity contribution in [3.63, 3.8) is 0 Å². The summed E-state index contributed by atoms with van der Waals surface area (Å²) >= 11 is 0. The molecule has 0 fully saturated rings. The zero-order valence-electron chi connectivity index (χ0n) is 13.9. The molecule has 2 N–H and O–H groups in total. The molecule has 3 nitrogen and oxygen atoms in total. The van der Waals surface area contributed by atoms with E-state index in [4.69, 9.17) is 0 Å². The standard InChI is InChI=1S/C21H19FN2O/c1-15-5-4-6-16(13-15)14-23-17-9-11-18(12-10-17)24-21(25)19-7-2-3-8-20(19)22/h2-13,23H,14H2,1H3,(H,24,25). The number of anilines is 2.